The van der Waals surface area contributed by atoms with Crippen LogP contribution in [0.2, 0.25) is 0 Å². The summed E-state index contributed by atoms with van der Waals surface area (Å²) in [6.45, 7) is 0. The molecule has 0 radical (unpaired) electrons. The van der Waals surface area contributed by atoms with E-state index in [-0.39, 0.29) is 22.8 Å². The zero-order chi connectivity index (χ0) is 21.1. The van der Waals surface area contributed by atoms with Gasteiger partial charge in [0.2, 0.25) is 5.75 Å². The summed E-state index contributed by atoms with van der Waals surface area (Å²) in [6, 6.07) is 3.43. The maximum absolute atomic E-state index is 13.7. The van der Waals surface area contributed by atoms with Crippen molar-refractivity contribution >= 4 is 15.9 Å². The van der Waals surface area contributed by atoms with Crippen LogP contribution in [-0.2, 0) is 10.0 Å². The van der Waals surface area contributed by atoms with E-state index in [0.717, 1.165) is 0 Å². The lowest BCUT2D eigenvalue weighted by molar-refractivity contribution is 0.0944. The van der Waals surface area contributed by atoms with E-state index in [2.05, 4.69) is 0 Å². The van der Waals surface area contributed by atoms with E-state index < -0.39 is 38.3 Å². The minimum absolute atomic E-state index is 0.0945. The van der Waals surface area contributed by atoms with Crippen LogP contribution >= 0.6 is 0 Å². The highest BCUT2D eigenvalue weighted by Gasteiger charge is 2.25. The molecular formula is C16H15F3N2O6S. The van der Waals surface area contributed by atoms with E-state index in [1.54, 1.807) is 4.83 Å². The van der Waals surface area contributed by atoms with Crippen molar-refractivity contribution in [1.29, 1.82) is 0 Å². The van der Waals surface area contributed by atoms with E-state index in [1.807, 2.05) is 5.43 Å². The molecule has 2 rings (SSSR count). The van der Waals surface area contributed by atoms with Crippen molar-refractivity contribution in [3.8, 4) is 17.2 Å². The molecule has 0 saturated carbocycles. The summed E-state index contributed by atoms with van der Waals surface area (Å²) in [5.41, 5.74) is 1.73. The quantitative estimate of drug-likeness (QED) is 0.523. The molecule has 2 aromatic rings. The first kappa shape index (κ1) is 21.3. The van der Waals surface area contributed by atoms with Crippen LogP contribution in [0.15, 0.2) is 29.2 Å². The average molecular weight is 420 g/mol. The zero-order valence-electron chi connectivity index (χ0n) is 14.8. The molecule has 2 aromatic carbocycles. The fraction of sp³-hybridized carbons (Fsp3) is 0.188. The average Bonchev–Trinajstić information content (AvgIpc) is 2.68. The molecule has 12 heteroatoms. The highest BCUT2D eigenvalue weighted by atomic mass is 32.2. The maximum Gasteiger partial charge on any atom is 0.266 e. The molecule has 8 nitrogen and oxygen atoms in total. The minimum Gasteiger partial charge on any atom is -0.493 e. The summed E-state index contributed by atoms with van der Waals surface area (Å²) < 4.78 is 79.3. The molecule has 0 fully saturated rings. The van der Waals surface area contributed by atoms with Gasteiger partial charge in [-0.05, 0) is 24.3 Å². The van der Waals surface area contributed by atoms with Gasteiger partial charge in [0.15, 0.2) is 29.0 Å². The first-order valence-corrected chi connectivity index (χ1v) is 8.90. The van der Waals surface area contributed by atoms with Crippen LogP contribution in [0, 0.1) is 17.5 Å². The molecule has 0 unspecified atom stereocenters. The Morgan fingerprint density at radius 2 is 1.50 bits per heavy atom. The Hall–Kier alpha value is -2.99. The molecule has 0 spiro atoms. The largest absolute Gasteiger partial charge is 0.493 e. The molecule has 0 aliphatic rings. The molecule has 0 aliphatic carbocycles. The molecule has 0 aromatic heterocycles. The number of rotatable bonds is 7. The summed E-state index contributed by atoms with van der Waals surface area (Å²) >= 11 is 0. The van der Waals surface area contributed by atoms with Gasteiger partial charge in [0.1, 0.15) is 4.90 Å². The fourth-order valence-corrected chi connectivity index (χ4v) is 3.08. The van der Waals surface area contributed by atoms with Crippen LogP contribution in [0.1, 0.15) is 10.4 Å². The van der Waals surface area contributed by atoms with Gasteiger partial charge < -0.3 is 14.2 Å². The first-order chi connectivity index (χ1) is 13.2. The predicted octanol–water partition coefficient (Wildman–Crippen LogP) is 1.75. The molecule has 28 heavy (non-hydrogen) atoms. The van der Waals surface area contributed by atoms with E-state index in [4.69, 9.17) is 14.2 Å². The Labute approximate surface area is 158 Å². The number of benzene rings is 2. The Balaban J connectivity index is 2.28. The highest BCUT2D eigenvalue weighted by Crippen LogP contribution is 2.38. The van der Waals surface area contributed by atoms with Crippen molar-refractivity contribution in [2.75, 3.05) is 21.3 Å². The van der Waals surface area contributed by atoms with E-state index in [9.17, 15) is 26.4 Å². The van der Waals surface area contributed by atoms with Gasteiger partial charge in [-0.3, -0.25) is 10.2 Å². The molecule has 1 amide bonds. The first-order valence-electron chi connectivity index (χ1n) is 7.42. The predicted molar refractivity (Wildman–Crippen MR) is 90.2 cm³/mol. The van der Waals surface area contributed by atoms with Gasteiger partial charge in [0, 0.05) is 5.56 Å². The number of methoxy groups -OCH3 is 3. The van der Waals surface area contributed by atoms with Crippen molar-refractivity contribution in [1.82, 2.24) is 10.3 Å². The van der Waals surface area contributed by atoms with E-state index >= 15 is 0 Å². The second-order valence-electron chi connectivity index (χ2n) is 5.15. The summed E-state index contributed by atoms with van der Waals surface area (Å²) in [5.74, 6) is -5.95. The molecule has 0 bridgehead atoms. The van der Waals surface area contributed by atoms with Crippen molar-refractivity contribution < 1.29 is 40.6 Å². The van der Waals surface area contributed by atoms with Crippen molar-refractivity contribution in [2.24, 2.45) is 0 Å². The van der Waals surface area contributed by atoms with Crippen LogP contribution in [0.5, 0.6) is 17.2 Å². The van der Waals surface area contributed by atoms with Gasteiger partial charge in [0.05, 0.1) is 21.3 Å². The van der Waals surface area contributed by atoms with Crippen LogP contribution in [0.3, 0.4) is 0 Å². The van der Waals surface area contributed by atoms with Gasteiger partial charge in [-0.25, -0.2) is 21.6 Å². The molecule has 0 aliphatic heterocycles. The molecule has 0 heterocycles. The van der Waals surface area contributed by atoms with E-state index in [0.29, 0.717) is 12.1 Å². The van der Waals surface area contributed by atoms with Gasteiger partial charge in [-0.2, -0.15) is 0 Å². The van der Waals surface area contributed by atoms with E-state index in [1.165, 1.54) is 33.5 Å². The highest BCUT2D eigenvalue weighted by molar-refractivity contribution is 7.89. The smallest absolute Gasteiger partial charge is 0.266 e. The summed E-state index contributed by atoms with van der Waals surface area (Å²) in [5, 5.41) is 0. The number of hydrogen-bond donors (Lipinski definition) is 2. The Morgan fingerprint density at radius 1 is 0.929 bits per heavy atom. The zero-order valence-corrected chi connectivity index (χ0v) is 15.6. The van der Waals surface area contributed by atoms with Crippen LogP contribution in [0.4, 0.5) is 13.2 Å². The van der Waals surface area contributed by atoms with Crippen LogP contribution < -0.4 is 24.5 Å². The Kier molecular flexibility index (Phi) is 6.36. The molecule has 0 atom stereocenters. The normalized spacial score (nSPS) is 11.1. The number of carbonyl (C=O) groups excluding carboxylic acids is 1. The number of ether oxygens (including phenoxy) is 3. The fourth-order valence-electron chi connectivity index (χ4n) is 2.17. The van der Waals surface area contributed by atoms with Crippen molar-refractivity contribution in [2.45, 2.75) is 4.90 Å². The lowest BCUT2D eigenvalue weighted by atomic mass is 10.1. The number of hydrogen-bond acceptors (Lipinski definition) is 6. The van der Waals surface area contributed by atoms with Crippen molar-refractivity contribution in [3.63, 3.8) is 0 Å². The third-order valence-corrected chi connectivity index (χ3v) is 4.78. The lowest BCUT2D eigenvalue weighted by Gasteiger charge is -2.14. The number of nitrogens with one attached hydrogen (secondary N) is 2. The summed E-state index contributed by atoms with van der Waals surface area (Å²) in [4.78, 5) is 12.7. The third kappa shape index (κ3) is 4.12. The molecule has 152 valence electrons. The van der Waals surface area contributed by atoms with Gasteiger partial charge in [0.25, 0.3) is 15.9 Å². The maximum atomic E-state index is 13.7. The number of sulfonamides is 1. The molecule has 2 N–H and O–H groups in total. The lowest BCUT2D eigenvalue weighted by Crippen LogP contribution is -2.42. The third-order valence-electron chi connectivity index (χ3n) is 3.52. The minimum atomic E-state index is -4.73. The summed E-state index contributed by atoms with van der Waals surface area (Å²) in [6.07, 6.45) is 0. The second kappa shape index (κ2) is 8.35. The second-order valence-corrected chi connectivity index (χ2v) is 6.80. The molecular weight excluding hydrogens is 405 g/mol. The SMILES string of the molecule is COc1cc(C(=O)NNS(=O)(=O)c2ccc(F)c(F)c2F)cc(OC)c1OC. The number of carbonyl (C=O) groups is 1. The number of amides is 1. The Bertz CT molecular complexity index is 989. The van der Waals surface area contributed by atoms with Crippen LogP contribution in [-0.4, -0.2) is 35.7 Å². The van der Waals surface area contributed by atoms with Crippen molar-refractivity contribution in [3.05, 3.63) is 47.3 Å². The van der Waals surface area contributed by atoms with Crippen LogP contribution in [0.25, 0.3) is 0 Å². The Morgan fingerprint density at radius 3 is 2.00 bits per heavy atom. The van der Waals surface area contributed by atoms with Gasteiger partial charge in [-0.15, -0.1) is 4.83 Å². The summed E-state index contributed by atoms with van der Waals surface area (Å²) in [7, 11) is -0.750. The monoisotopic (exact) mass is 420 g/mol. The number of halogens is 3. The van der Waals surface area contributed by atoms with Gasteiger partial charge >= 0.3 is 0 Å². The standard InChI is InChI=1S/C16H15F3N2O6S/c1-25-10-6-8(7-11(26-2)15(10)27-3)16(22)20-21-28(23,24)12-5-4-9(17)13(18)14(12)19/h4-7,21H,1-3H3,(H,20,22). The van der Waals surface area contributed by atoms with Gasteiger partial charge in [-0.1, -0.05) is 0 Å². The topological polar surface area (TPSA) is 103 Å². The number of hydrazine groups is 1. The molecule has 0 saturated heterocycles.